The molecule has 0 atom stereocenters. The Kier molecular flexibility index (Phi) is 2.97. The Morgan fingerprint density at radius 1 is 0.864 bits per heavy atom. The van der Waals surface area contributed by atoms with Crippen LogP contribution in [0, 0.1) is 0 Å². The van der Waals surface area contributed by atoms with Gasteiger partial charge < -0.3 is 4.74 Å². The lowest BCUT2D eigenvalue weighted by molar-refractivity contribution is 0.442. The summed E-state index contributed by atoms with van der Waals surface area (Å²) in [4.78, 5) is 12.4. The Balaban J connectivity index is 1.64. The van der Waals surface area contributed by atoms with Gasteiger partial charge in [0.15, 0.2) is 5.65 Å². The molecule has 0 fully saturated rings. The van der Waals surface area contributed by atoms with E-state index in [1.54, 1.807) is 35.4 Å². The third-order valence-electron chi connectivity index (χ3n) is 3.20. The lowest BCUT2D eigenvalue weighted by Crippen LogP contribution is -1.90. The molecule has 6 heteroatoms. The van der Waals surface area contributed by atoms with Gasteiger partial charge in [-0.2, -0.15) is 5.10 Å². The molecule has 1 aromatic carbocycles. The van der Waals surface area contributed by atoms with E-state index in [1.165, 1.54) is 0 Å². The highest BCUT2D eigenvalue weighted by molar-refractivity contribution is 5.77. The highest BCUT2D eigenvalue weighted by Crippen LogP contribution is 2.26. The quantitative estimate of drug-likeness (QED) is 0.580. The van der Waals surface area contributed by atoms with E-state index in [4.69, 9.17) is 4.74 Å². The molecule has 106 valence electrons. The molecule has 0 radical (unpaired) electrons. The van der Waals surface area contributed by atoms with E-state index < -0.39 is 0 Å². The van der Waals surface area contributed by atoms with Gasteiger partial charge in [0.1, 0.15) is 5.75 Å². The van der Waals surface area contributed by atoms with Gasteiger partial charge in [0.25, 0.3) is 0 Å². The highest BCUT2D eigenvalue weighted by atomic mass is 16.5. The molecule has 0 N–H and O–H groups in total. The molecule has 0 unspecified atom stereocenters. The van der Waals surface area contributed by atoms with Crippen LogP contribution in [0.25, 0.3) is 16.8 Å². The van der Waals surface area contributed by atoms with E-state index in [0.717, 1.165) is 16.8 Å². The van der Waals surface area contributed by atoms with Gasteiger partial charge in [0, 0.05) is 30.4 Å². The summed E-state index contributed by atoms with van der Waals surface area (Å²) in [7, 11) is 0. The summed E-state index contributed by atoms with van der Waals surface area (Å²) in [5.74, 6) is 0.680. The standard InChI is InChI=1S/C16H11N5O/c1-7-18-16(19-8-1)22-13-5-3-12(4-6-13)14-11-20-21-10-2-9-17-15(14)21/h1-11H. The summed E-state index contributed by atoms with van der Waals surface area (Å²) < 4.78 is 7.33. The van der Waals surface area contributed by atoms with Crippen LogP contribution in [-0.2, 0) is 0 Å². The van der Waals surface area contributed by atoms with Crippen LogP contribution >= 0.6 is 0 Å². The molecule has 4 aromatic rings. The van der Waals surface area contributed by atoms with Crippen molar-refractivity contribution in [2.75, 3.05) is 0 Å². The molecule has 3 heterocycles. The second kappa shape index (κ2) is 5.25. The van der Waals surface area contributed by atoms with Crippen molar-refractivity contribution in [2.24, 2.45) is 0 Å². The first-order chi connectivity index (χ1) is 10.9. The van der Waals surface area contributed by atoms with Crippen LogP contribution < -0.4 is 4.74 Å². The van der Waals surface area contributed by atoms with E-state index in [-0.39, 0.29) is 0 Å². The Bertz CT molecular complexity index is 903. The summed E-state index contributed by atoms with van der Waals surface area (Å²) in [5.41, 5.74) is 2.82. The SMILES string of the molecule is c1cnc(Oc2ccc(-c3cnn4cccnc34)cc2)nc1. The van der Waals surface area contributed by atoms with Crippen LogP contribution in [0.15, 0.2) is 67.4 Å². The number of ether oxygens (including phenoxy) is 1. The largest absolute Gasteiger partial charge is 0.424 e. The van der Waals surface area contributed by atoms with Crippen LogP contribution in [-0.4, -0.2) is 24.6 Å². The lowest BCUT2D eigenvalue weighted by Gasteiger charge is -2.04. The Labute approximate surface area is 126 Å². The average Bonchev–Trinajstić information content (AvgIpc) is 3.01. The number of fused-ring (bicyclic) bond motifs is 1. The minimum atomic E-state index is 0.327. The topological polar surface area (TPSA) is 65.2 Å². The van der Waals surface area contributed by atoms with Crippen molar-refractivity contribution >= 4 is 5.65 Å². The number of nitrogens with zero attached hydrogens (tertiary/aromatic N) is 5. The van der Waals surface area contributed by atoms with E-state index in [1.807, 2.05) is 36.5 Å². The Morgan fingerprint density at radius 3 is 2.45 bits per heavy atom. The molecular weight excluding hydrogens is 278 g/mol. The van der Waals surface area contributed by atoms with E-state index in [2.05, 4.69) is 20.1 Å². The van der Waals surface area contributed by atoms with Crippen molar-refractivity contribution < 1.29 is 4.74 Å². The molecule has 4 rings (SSSR count). The fourth-order valence-electron chi connectivity index (χ4n) is 2.18. The third-order valence-corrected chi connectivity index (χ3v) is 3.20. The normalized spacial score (nSPS) is 10.7. The first-order valence-electron chi connectivity index (χ1n) is 6.74. The second-order valence-electron chi connectivity index (χ2n) is 4.60. The van der Waals surface area contributed by atoms with Crippen molar-refractivity contribution in [2.45, 2.75) is 0 Å². The summed E-state index contributed by atoms with van der Waals surface area (Å²) in [6.07, 6.45) is 8.71. The molecule has 0 aliphatic carbocycles. The van der Waals surface area contributed by atoms with E-state index >= 15 is 0 Å². The van der Waals surface area contributed by atoms with Crippen LogP contribution in [0.1, 0.15) is 0 Å². The molecule has 3 aromatic heterocycles. The van der Waals surface area contributed by atoms with Gasteiger partial charge in [-0.15, -0.1) is 0 Å². The fraction of sp³-hybridized carbons (Fsp3) is 0. The predicted octanol–water partition coefficient (Wildman–Crippen LogP) is 2.98. The maximum absolute atomic E-state index is 5.58. The molecule has 0 aliphatic heterocycles. The number of hydrogen-bond acceptors (Lipinski definition) is 5. The Morgan fingerprint density at radius 2 is 1.64 bits per heavy atom. The predicted molar refractivity (Wildman–Crippen MR) is 80.5 cm³/mol. The number of rotatable bonds is 3. The zero-order valence-electron chi connectivity index (χ0n) is 11.5. The van der Waals surface area contributed by atoms with E-state index in [0.29, 0.717) is 11.8 Å². The monoisotopic (exact) mass is 289 g/mol. The molecule has 6 nitrogen and oxygen atoms in total. The number of aromatic nitrogens is 5. The zero-order chi connectivity index (χ0) is 14.8. The third kappa shape index (κ3) is 2.26. The maximum Gasteiger partial charge on any atom is 0.321 e. The minimum Gasteiger partial charge on any atom is -0.424 e. The maximum atomic E-state index is 5.58. The first kappa shape index (κ1) is 12.5. The zero-order valence-corrected chi connectivity index (χ0v) is 11.5. The average molecular weight is 289 g/mol. The van der Waals surface area contributed by atoms with Gasteiger partial charge in [-0.1, -0.05) is 12.1 Å². The van der Waals surface area contributed by atoms with Crippen LogP contribution in [0.2, 0.25) is 0 Å². The summed E-state index contributed by atoms with van der Waals surface area (Å²) in [6.45, 7) is 0. The minimum absolute atomic E-state index is 0.327. The van der Waals surface area contributed by atoms with Gasteiger partial charge in [-0.25, -0.2) is 19.5 Å². The molecule has 0 saturated carbocycles. The van der Waals surface area contributed by atoms with Gasteiger partial charge in [0.2, 0.25) is 0 Å². The summed E-state index contributed by atoms with van der Waals surface area (Å²) >= 11 is 0. The Hall–Kier alpha value is -3.28. The van der Waals surface area contributed by atoms with Gasteiger partial charge in [-0.3, -0.25) is 0 Å². The molecule has 22 heavy (non-hydrogen) atoms. The van der Waals surface area contributed by atoms with Gasteiger partial charge in [0.05, 0.1) is 6.20 Å². The molecule has 0 amide bonds. The molecule has 0 aliphatic rings. The van der Waals surface area contributed by atoms with Crippen molar-refractivity contribution in [1.29, 1.82) is 0 Å². The summed E-state index contributed by atoms with van der Waals surface area (Å²) in [5, 5.41) is 4.29. The lowest BCUT2D eigenvalue weighted by atomic mass is 10.1. The van der Waals surface area contributed by atoms with Crippen molar-refractivity contribution in [3.63, 3.8) is 0 Å². The van der Waals surface area contributed by atoms with Gasteiger partial charge in [-0.05, 0) is 29.8 Å². The van der Waals surface area contributed by atoms with E-state index in [9.17, 15) is 0 Å². The van der Waals surface area contributed by atoms with Crippen LogP contribution in [0.4, 0.5) is 0 Å². The number of hydrogen-bond donors (Lipinski definition) is 0. The first-order valence-corrected chi connectivity index (χ1v) is 6.74. The van der Waals surface area contributed by atoms with Crippen LogP contribution in [0.5, 0.6) is 11.8 Å². The number of benzene rings is 1. The van der Waals surface area contributed by atoms with Gasteiger partial charge >= 0.3 is 6.01 Å². The molecule has 0 spiro atoms. The van der Waals surface area contributed by atoms with Crippen molar-refractivity contribution in [3.05, 3.63) is 67.4 Å². The van der Waals surface area contributed by atoms with Crippen LogP contribution in [0.3, 0.4) is 0 Å². The molecule has 0 saturated heterocycles. The van der Waals surface area contributed by atoms with Crippen molar-refractivity contribution in [3.8, 4) is 22.9 Å². The van der Waals surface area contributed by atoms with Crippen molar-refractivity contribution in [1.82, 2.24) is 24.6 Å². The molecular formula is C16H11N5O. The second-order valence-corrected chi connectivity index (χ2v) is 4.60. The summed E-state index contributed by atoms with van der Waals surface area (Å²) in [6, 6.07) is 11.6. The smallest absolute Gasteiger partial charge is 0.321 e. The fourth-order valence-corrected chi connectivity index (χ4v) is 2.18. The highest BCUT2D eigenvalue weighted by Gasteiger charge is 2.07. The molecule has 0 bridgehead atoms.